The Hall–Kier alpha value is -3.52. The standard InChI is InChI=1S/C36H34NO2P/c1-2-4-15-28(14-3-1)37(32-22-19-25-11-5-8-16-29(25)32)40-38-33-23-20-26-12-6-9-17-30(26)35(33)36-31-18-10-7-13-27(31)21-24-34(36)39-40/h5-13,16-18,20-21,23-24,28,32H,1-4,14-15,19,22H2/t32-/m1/s1. The minimum absolute atomic E-state index is 0.316. The molecular formula is C36H34NO2P. The summed E-state index contributed by atoms with van der Waals surface area (Å²) in [6.07, 6.45) is 9.87. The van der Waals surface area contributed by atoms with E-state index in [-0.39, 0.29) is 0 Å². The van der Waals surface area contributed by atoms with Gasteiger partial charge in [0.25, 0.3) is 0 Å². The first kappa shape index (κ1) is 24.3. The van der Waals surface area contributed by atoms with Crippen molar-refractivity contribution in [3.05, 3.63) is 108 Å². The third kappa shape index (κ3) is 4.07. The zero-order valence-corrected chi connectivity index (χ0v) is 23.7. The predicted molar refractivity (Wildman–Crippen MR) is 169 cm³/mol. The molecule has 0 amide bonds. The van der Waals surface area contributed by atoms with Crippen molar-refractivity contribution in [2.24, 2.45) is 0 Å². The molecule has 200 valence electrons. The maximum absolute atomic E-state index is 7.15. The lowest BCUT2D eigenvalue weighted by Crippen LogP contribution is -2.35. The van der Waals surface area contributed by atoms with Crippen LogP contribution in [-0.2, 0) is 6.42 Å². The van der Waals surface area contributed by atoms with Crippen LogP contribution in [0, 0.1) is 0 Å². The van der Waals surface area contributed by atoms with Crippen molar-refractivity contribution in [3.8, 4) is 0 Å². The minimum Gasteiger partial charge on any atom is -0.408 e. The molecule has 8 rings (SSSR count). The van der Waals surface area contributed by atoms with Crippen LogP contribution >= 0.6 is 8.16 Å². The molecule has 0 saturated heterocycles. The Balaban J connectivity index is 1.46. The van der Waals surface area contributed by atoms with Gasteiger partial charge in [-0.15, -0.1) is 0 Å². The summed E-state index contributed by atoms with van der Waals surface area (Å²) >= 11 is 0. The number of hydrogen-bond donors (Lipinski definition) is 0. The molecule has 0 spiro atoms. The Morgan fingerprint density at radius 1 is 0.575 bits per heavy atom. The Kier molecular flexibility index (Phi) is 6.16. The summed E-state index contributed by atoms with van der Waals surface area (Å²) in [6, 6.07) is 35.9. The van der Waals surface area contributed by atoms with Crippen molar-refractivity contribution < 1.29 is 8.39 Å². The number of fused-ring (bicyclic) bond motifs is 8. The van der Waals surface area contributed by atoms with Gasteiger partial charge in [0.05, 0.1) is 0 Å². The number of rotatable bonds is 3. The lowest BCUT2D eigenvalue weighted by atomic mass is 9.99. The van der Waals surface area contributed by atoms with Crippen molar-refractivity contribution in [1.82, 2.24) is 0 Å². The summed E-state index contributed by atoms with van der Waals surface area (Å²) in [5, 5.41) is 7.18. The number of benzene rings is 5. The molecule has 1 fully saturated rings. The van der Waals surface area contributed by atoms with E-state index < -0.39 is 8.16 Å². The zero-order valence-electron chi connectivity index (χ0n) is 22.8. The molecule has 0 N–H and O–H groups in total. The van der Waals surface area contributed by atoms with Crippen molar-refractivity contribution in [1.29, 1.82) is 0 Å². The monoisotopic (exact) mass is 543 g/mol. The summed E-state index contributed by atoms with van der Waals surface area (Å²) in [4.78, 5) is 0. The van der Waals surface area contributed by atoms with Gasteiger partial charge in [-0.05, 0) is 70.5 Å². The van der Waals surface area contributed by atoms with E-state index in [1.54, 1.807) is 0 Å². The van der Waals surface area contributed by atoms with Gasteiger partial charge in [-0.3, -0.25) is 0 Å². The highest BCUT2D eigenvalue weighted by Gasteiger charge is 2.36. The van der Waals surface area contributed by atoms with Crippen LogP contribution in [0.25, 0.3) is 43.5 Å². The normalized spacial score (nSPS) is 18.1. The zero-order chi connectivity index (χ0) is 26.5. The van der Waals surface area contributed by atoms with E-state index in [4.69, 9.17) is 8.39 Å². The fourth-order valence-corrected chi connectivity index (χ4v) is 9.12. The topological polar surface area (TPSA) is 29.5 Å². The van der Waals surface area contributed by atoms with Crippen LogP contribution < -0.4 is 4.67 Å². The molecule has 5 aromatic carbocycles. The van der Waals surface area contributed by atoms with Gasteiger partial charge < -0.3 is 8.39 Å². The third-order valence-corrected chi connectivity index (χ3v) is 10.9. The largest absolute Gasteiger partial charge is 0.408 e. The van der Waals surface area contributed by atoms with Crippen molar-refractivity contribution in [3.63, 3.8) is 0 Å². The van der Waals surface area contributed by atoms with Gasteiger partial charge in [0.2, 0.25) is 0 Å². The molecule has 40 heavy (non-hydrogen) atoms. The first-order valence-electron chi connectivity index (χ1n) is 14.9. The third-order valence-electron chi connectivity index (χ3n) is 9.19. The summed E-state index contributed by atoms with van der Waals surface area (Å²) in [5.74, 6) is 0. The molecular weight excluding hydrogens is 509 g/mol. The molecule has 0 unspecified atom stereocenters. The Morgan fingerprint density at radius 2 is 1.15 bits per heavy atom. The van der Waals surface area contributed by atoms with Crippen LogP contribution in [0.5, 0.6) is 0 Å². The highest BCUT2D eigenvalue weighted by atomic mass is 31.1. The Bertz CT molecular complexity index is 1800. The van der Waals surface area contributed by atoms with E-state index in [1.807, 2.05) is 0 Å². The Morgan fingerprint density at radius 3 is 1.80 bits per heavy atom. The van der Waals surface area contributed by atoms with Crippen LogP contribution in [0.4, 0.5) is 0 Å². The van der Waals surface area contributed by atoms with Crippen molar-refractivity contribution >= 4 is 51.6 Å². The molecule has 3 nitrogen and oxygen atoms in total. The molecule has 4 heteroatoms. The molecule has 6 aromatic rings. The highest BCUT2D eigenvalue weighted by Crippen LogP contribution is 2.49. The molecule has 1 aromatic heterocycles. The maximum Gasteiger partial charge on any atom is 0.310 e. The predicted octanol–water partition coefficient (Wildman–Crippen LogP) is 10.9. The smallest absolute Gasteiger partial charge is 0.310 e. The van der Waals surface area contributed by atoms with Gasteiger partial charge in [-0.25, -0.2) is 0 Å². The van der Waals surface area contributed by atoms with E-state index in [0.29, 0.717) is 12.1 Å². The lowest BCUT2D eigenvalue weighted by molar-refractivity contribution is 0.471. The minimum atomic E-state index is -1.38. The summed E-state index contributed by atoms with van der Waals surface area (Å²) in [5.41, 5.74) is 4.81. The van der Waals surface area contributed by atoms with Gasteiger partial charge in [0.1, 0.15) is 11.2 Å². The molecule has 1 saturated carbocycles. The molecule has 1 atom stereocenters. The molecule has 0 aliphatic heterocycles. The summed E-state index contributed by atoms with van der Waals surface area (Å²) in [6.45, 7) is 0. The van der Waals surface area contributed by atoms with E-state index in [0.717, 1.165) is 34.8 Å². The number of aryl methyl sites for hydroxylation is 1. The van der Waals surface area contributed by atoms with Crippen LogP contribution in [0.2, 0.25) is 0 Å². The first-order chi connectivity index (χ1) is 19.8. The van der Waals surface area contributed by atoms with Gasteiger partial charge in [-0.1, -0.05) is 111 Å². The summed E-state index contributed by atoms with van der Waals surface area (Å²) < 4.78 is 17.0. The van der Waals surface area contributed by atoms with E-state index in [9.17, 15) is 0 Å². The van der Waals surface area contributed by atoms with Crippen LogP contribution in [-0.4, -0.2) is 6.04 Å². The second kappa shape index (κ2) is 10.1. The van der Waals surface area contributed by atoms with E-state index in [2.05, 4.69) is 102 Å². The second-order valence-electron chi connectivity index (χ2n) is 11.5. The molecule has 0 radical (unpaired) electrons. The molecule has 2 aliphatic carbocycles. The van der Waals surface area contributed by atoms with Crippen molar-refractivity contribution in [2.45, 2.75) is 63.5 Å². The van der Waals surface area contributed by atoms with E-state index in [1.165, 1.54) is 71.2 Å². The highest BCUT2D eigenvalue weighted by molar-refractivity contribution is 7.39. The second-order valence-corrected chi connectivity index (χ2v) is 12.8. The average molecular weight is 544 g/mol. The van der Waals surface area contributed by atoms with Gasteiger partial charge >= 0.3 is 8.16 Å². The molecule has 0 bridgehead atoms. The van der Waals surface area contributed by atoms with Gasteiger partial charge in [0, 0.05) is 22.9 Å². The SMILES string of the molecule is c1ccc2c(c1)CC[C@H]2N(C1CCCCCC1)p1oc2ccc3ccccc3c2c2c(ccc3ccccc32)o1. The maximum atomic E-state index is 7.15. The average Bonchev–Trinajstić information content (AvgIpc) is 3.15. The summed E-state index contributed by atoms with van der Waals surface area (Å²) in [7, 11) is -1.38. The van der Waals surface area contributed by atoms with Crippen molar-refractivity contribution in [2.75, 3.05) is 4.67 Å². The van der Waals surface area contributed by atoms with Crippen LogP contribution in [0.3, 0.4) is 0 Å². The van der Waals surface area contributed by atoms with Crippen LogP contribution in [0.1, 0.15) is 62.1 Å². The van der Waals surface area contributed by atoms with Crippen LogP contribution in [0.15, 0.2) is 105 Å². The Labute approximate surface area is 236 Å². The molecule has 2 aliphatic rings. The van der Waals surface area contributed by atoms with E-state index >= 15 is 0 Å². The molecule has 1 heterocycles. The fraction of sp³-hybridized carbons (Fsp3) is 0.278. The number of nitrogens with zero attached hydrogens (tertiary/aromatic N) is 1. The lowest BCUT2D eigenvalue weighted by Gasteiger charge is -2.33. The van der Waals surface area contributed by atoms with Gasteiger partial charge in [-0.2, -0.15) is 4.67 Å². The fourth-order valence-electron chi connectivity index (χ4n) is 7.29. The van der Waals surface area contributed by atoms with Gasteiger partial charge in [0.15, 0.2) is 0 Å². The first-order valence-corrected chi connectivity index (χ1v) is 16.0. The quantitative estimate of drug-likeness (QED) is 0.208. The number of hydrogen-bond acceptors (Lipinski definition) is 3.